The third kappa shape index (κ3) is 4.40. The number of hydrogen-bond acceptors (Lipinski definition) is 2. The van der Waals surface area contributed by atoms with Gasteiger partial charge in [-0.3, -0.25) is 9.88 Å². The van der Waals surface area contributed by atoms with Gasteiger partial charge in [-0.25, -0.2) is 0 Å². The van der Waals surface area contributed by atoms with Crippen LogP contribution < -0.4 is 0 Å². The van der Waals surface area contributed by atoms with Crippen molar-refractivity contribution in [2.24, 2.45) is 0 Å². The third-order valence-electron chi connectivity index (χ3n) is 4.70. The molecule has 0 saturated carbocycles. The molecule has 0 bridgehead atoms. The minimum Gasteiger partial charge on any atom is -0.294 e. The van der Waals surface area contributed by atoms with E-state index in [1.54, 1.807) is 0 Å². The topological polar surface area (TPSA) is 16.1 Å². The second kappa shape index (κ2) is 8.79. The Bertz CT molecular complexity index is 860. The van der Waals surface area contributed by atoms with Crippen LogP contribution in [0.3, 0.4) is 0 Å². The van der Waals surface area contributed by atoms with E-state index in [0.29, 0.717) is 0 Å². The number of halogens is 1. The third-order valence-corrected chi connectivity index (χ3v) is 4.70. The molecule has 0 saturated heterocycles. The van der Waals surface area contributed by atoms with Crippen LogP contribution in [-0.2, 0) is 6.54 Å². The maximum atomic E-state index is 4.85. The molecule has 3 heteroatoms. The number of benzene rings is 2. The molecule has 0 fully saturated rings. The highest BCUT2D eigenvalue weighted by molar-refractivity contribution is 5.85. The van der Waals surface area contributed by atoms with Gasteiger partial charge in [-0.2, -0.15) is 0 Å². The summed E-state index contributed by atoms with van der Waals surface area (Å²) in [4.78, 5) is 7.31. The van der Waals surface area contributed by atoms with Gasteiger partial charge in [0, 0.05) is 25.2 Å². The summed E-state index contributed by atoms with van der Waals surface area (Å²) in [6.07, 6.45) is 3.46. The summed E-state index contributed by atoms with van der Waals surface area (Å²) in [5.41, 5.74) is 6.18. The second-order valence-electron chi connectivity index (χ2n) is 6.46. The zero-order valence-corrected chi connectivity index (χ0v) is 15.5. The molecule has 132 valence electrons. The van der Waals surface area contributed by atoms with E-state index >= 15 is 0 Å². The van der Waals surface area contributed by atoms with E-state index < -0.39 is 0 Å². The molecule has 0 spiro atoms. The van der Waals surface area contributed by atoms with Crippen molar-refractivity contribution >= 4 is 18.0 Å². The van der Waals surface area contributed by atoms with Gasteiger partial charge < -0.3 is 0 Å². The normalized spacial score (nSPS) is 14.4. The van der Waals surface area contributed by atoms with Crippen LogP contribution in [0.25, 0.3) is 16.8 Å². The molecule has 1 aliphatic heterocycles. The van der Waals surface area contributed by atoms with Crippen molar-refractivity contribution in [1.29, 1.82) is 0 Å². The van der Waals surface area contributed by atoms with Gasteiger partial charge in [0.15, 0.2) is 0 Å². The Balaban J connectivity index is 0.00000196. The van der Waals surface area contributed by atoms with Crippen molar-refractivity contribution < 1.29 is 0 Å². The summed E-state index contributed by atoms with van der Waals surface area (Å²) in [5, 5.41) is 0. The van der Waals surface area contributed by atoms with Crippen LogP contribution in [0.1, 0.15) is 17.7 Å². The van der Waals surface area contributed by atoms with Crippen molar-refractivity contribution in [1.82, 2.24) is 9.88 Å². The lowest BCUT2D eigenvalue weighted by Crippen LogP contribution is -2.28. The first kappa shape index (κ1) is 18.4. The van der Waals surface area contributed by atoms with Crippen LogP contribution in [0.15, 0.2) is 84.9 Å². The smallest absolute Gasteiger partial charge is 0.0705 e. The maximum Gasteiger partial charge on any atom is 0.0705 e. The van der Waals surface area contributed by atoms with Gasteiger partial charge in [0.2, 0.25) is 0 Å². The molecule has 0 radical (unpaired) electrons. The monoisotopic (exact) mass is 362 g/mol. The number of rotatable bonds is 4. The first-order valence-electron chi connectivity index (χ1n) is 8.87. The van der Waals surface area contributed by atoms with Crippen molar-refractivity contribution in [3.05, 3.63) is 96.2 Å². The minimum atomic E-state index is 0. The van der Waals surface area contributed by atoms with E-state index in [1.807, 2.05) is 6.07 Å². The highest BCUT2D eigenvalue weighted by atomic mass is 35.5. The summed E-state index contributed by atoms with van der Waals surface area (Å²) in [5.74, 6) is 0. The summed E-state index contributed by atoms with van der Waals surface area (Å²) >= 11 is 0. The number of pyridine rings is 1. The molecule has 0 aliphatic carbocycles. The van der Waals surface area contributed by atoms with Crippen molar-refractivity contribution in [3.8, 4) is 11.3 Å². The molecule has 1 aromatic heterocycles. The zero-order chi connectivity index (χ0) is 16.9. The molecule has 1 aliphatic rings. The molecule has 26 heavy (non-hydrogen) atoms. The standard InChI is InChI=1S/C23H22N2.ClH/c1-3-8-19(9-4-1)20-14-16-25(17-15-20)18-22-12-7-13-23(24-22)21-10-5-2-6-11-21;/h1-14H,15-18H2;1H. The molecular weight excluding hydrogens is 340 g/mol. The second-order valence-corrected chi connectivity index (χ2v) is 6.46. The highest BCUT2D eigenvalue weighted by Crippen LogP contribution is 2.23. The van der Waals surface area contributed by atoms with Crippen LogP contribution in [0, 0.1) is 0 Å². The fraction of sp³-hybridized carbons (Fsp3) is 0.174. The first-order chi connectivity index (χ1) is 12.4. The van der Waals surface area contributed by atoms with Crippen LogP contribution in [0.2, 0.25) is 0 Å². The van der Waals surface area contributed by atoms with Crippen molar-refractivity contribution in [2.75, 3.05) is 13.1 Å². The predicted molar refractivity (Wildman–Crippen MR) is 111 cm³/mol. The summed E-state index contributed by atoms with van der Waals surface area (Å²) < 4.78 is 0. The van der Waals surface area contributed by atoms with Gasteiger partial charge in [0.05, 0.1) is 11.4 Å². The van der Waals surface area contributed by atoms with E-state index in [0.717, 1.165) is 37.4 Å². The SMILES string of the molecule is C1=C(c2ccccc2)CCN(Cc2cccc(-c3ccccc3)n2)C1.Cl. The predicted octanol–water partition coefficient (Wildman–Crippen LogP) is 5.46. The van der Waals surface area contributed by atoms with E-state index in [2.05, 4.69) is 83.8 Å². The summed E-state index contributed by atoms with van der Waals surface area (Å²) in [6.45, 7) is 2.97. The van der Waals surface area contributed by atoms with Gasteiger partial charge in [-0.15, -0.1) is 12.4 Å². The lowest BCUT2D eigenvalue weighted by atomic mass is 9.99. The highest BCUT2D eigenvalue weighted by Gasteiger charge is 2.13. The van der Waals surface area contributed by atoms with E-state index in [-0.39, 0.29) is 12.4 Å². The van der Waals surface area contributed by atoms with Crippen LogP contribution in [0.4, 0.5) is 0 Å². The Morgan fingerprint density at radius 2 is 1.46 bits per heavy atom. The Morgan fingerprint density at radius 3 is 2.12 bits per heavy atom. The van der Waals surface area contributed by atoms with E-state index in [4.69, 9.17) is 4.98 Å². The molecular formula is C23H23ClN2. The molecule has 2 heterocycles. The fourth-order valence-corrected chi connectivity index (χ4v) is 3.34. The molecule has 4 rings (SSSR count). The molecule has 2 nitrogen and oxygen atoms in total. The molecule has 0 atom stereocenters. The van der Waals surface area contributed by atoms with Gasteiger partial charge in [0.1, 0.15) is 0 Å². The zero-order valence-electron chi connectivity index (χ0n) is 14.7. The summed E-state index contributed by atoms with van der Waals surface area (Å²) in [6, 6.07) is 27.4. The van der Waals surface area contributed by atoms with Crippen LogP contribution >= 0.6 is 12.4 Å². The molecule has 0 unspecified atom stereocenters. The Morgan fingerprint density at radius 1 is 0.769 bits per heavy atom. The van der Waals surface area contributed by atoms with E-state index in [1.165, 1.54) is 16.7 Å². The van der Waals surface area contributed by atoms with Crippen LogP contribution in [-0.4, -0.2) is 23.0 Å². The lowest BCUT2D eigenvalue weighted by molar-refractivity contribution is 0.290. The molecule has 0 N–H and O–H groups in total. The van der Waals surface area contributed by atoms with Crippen molar-refractivity contribution in [2.45, 2.75) is 13.0 Å². The number of nitrogens with zero attached hydrogens (tertiary/aromatic N) is 2. The number of hydrogen-bond donors (Lipinski definition) is 0. The minimum absolute atomic E-state index is 0. The summed E-state index contributed by atoms with van der Waals surface area (Å²) in [7, 11) is 0. The average Bonchev–Trinajstić information content (AvgIpc) is 2.70. The first-order valence-corrected chi connectivity index (χ1v) is 8.87. The Hall–Kier alpha value is -2.42. The lowest BCUT2D eigenvalue weighted by Gasteiger charge is -2.26. The molecule has 2 aromatic carbocycles. The maximum absolute atomic E-state index is 4.85. The largest absolute Gasteiger partial charge is 0.294 e. The van der Waals surface area contributed by atoms with Gasteiger partial charge in [-0.1, -0.05) is 72.8 Å². The quantitative estimate of drug-likeness (QED) is 0.612. The van der Waals surface area contributed by atoms with Crippen LogP contribution in [0.5, 0.6) is 0 Å². The van der Waals surface area contributed by atoms with Gasteiger partial charge in [-0.05, 0) is 29.7 Å². The van der Waals surface area contributed by atoms with E-state index in [9.17, 15) is 0 Å². The molecule has 0 amide bonds. The average molecular weight is 363 g/mol. The number of aromatic nitrogens is 1. The van der Waals surface area contributed by atoms with Crippen molar-refractivity contribution in [3.63, 3.8) is 0 Å². The van der Waals surface area contributed by atoms with Gasteiger partial charge >= 0.3 is 0 Å². The van der Waals surface area contributed by atoms with Gasteiger partial charge in [0.25, 0.3) is 0 Å². The Labute approximate surface area is 161 Å². The molecule has 3 aromatic rings. The Kier molecular flexibility index (Phi) is 6.21. The fourth-order valence-electron chi connectivity index (χ4n) is 3.34.